The van der Waals surface area contributed by atoms with Crippen LogP contribution in [0, 0.1) is 28.4 Å². The van der Waals surface area contributed by atoms with Crippen molar-refractivity contribution in [1.82, 2.24) is 4.72 Å². The molecule has 0 unspecified atom stereocenters. The van der Waals surface area contributed by atoms with E-state index in [0.29, 0.717) is 0 Å². The molecule has 19 heavy (non-hydrogen) atoms. The second kappa shape index (κ2) is 5.97. The second-order valence-electron chi connectivity index (χ2n) is 3.61. The monoisotopic (exact) mass is 303 g/mol. The molecule has 0 saturated heterocycles. The molecule has 0 spiro atoms. The highest BCUT2D eigenvalue weighted by Crippen LogP contribution is 2.29. The van der Waals surface area contributed by atoms with Gasteiger partial charge in [0, 0.05) is 24.6 Å². The summed E-state index contributed by atoms with van der Waals surface area (Å²) in [5, 5.41) is 19.1. The van der Waals surface area contributed by atoms with E-state index in [1.165, 1.54) is 6.92 Å². The van der Waals surface area contributed by atoms with Gasteiger partial charge in [0.15, 0.2) is 0 Å². The Morgan fingerprint density at radius 1 is 1.53 bits per heavy atom. The zero-order valence-corrected chi connectivity index (χ0v) is 11.5. The van der Waals surface area contributed by atoms with Crippen LogP contribution in [0.5, 0.6) is 0 Å². The number of rotatable bonds is 5. The van der Waals surface area contributed by atoms with Crippen molar-refractivity contribution < 1.29 is 13.3 Å². The zero-order valence-electron chi connectivity index (χ0n) is 9.88. The number of nitro groups is 1. The molecule has 0 aliphatic heterocycles. The molecule has 1 aromatic carbocycles. The lowest BCUT2D eigenvalue weighted by molar-refractivity contribution is -0.385. The van der Waals surface area contributed by atoms with Crippen molar-refractivity contribution in [2.45, 2.75) is 18.2 Å². The largest absolute Gasteiger partial charge is 0.275 e. The molecule has 0 aliphatic rings. The van der Waals surface area contributed by atoms with Crippen LogP contribution < -0.4 is 4.72 Å². The molecule has 9 heteroatoms. The van der Waals surface area contributed by atoms with Gasteiger partial charge in [-0.15, -0.1) is 0 Å². The van der Waals surface area contributed by atoms with E-state index in [0.717, 1.165) is 12.1 Å². The van der Waals surface area contributed by atoms with Crippen LogP contribution >= 0.6 is 11.6 Å². The molecule has 7 nitrogen and oxygen atoms in total. The fraction of sp³-hybridized carbons (Fsp3) is 0.300. The molecule has 0 heterocycles. The predicted octanol–water partition coefficient (Wildman–Crippen LogP) is 1.75. The quantitative estimate of drug-likeness (QED) is 0.505. The highest BCUT2D eigenvalue weighted by atomic mass is 35.5. The summed E-state index contributed by atoms with van der Waals surface area (Å²) >= 11 is 5.78. The summed E-state index contributed by atoms with van der Waals surface area (Å²) in [5.41, 5.74) is -0.171. The van der Waals surface area contributed by atoms with Gasteiger partial charge in [-0.2, -0.15) is 5.26 Å². The normalized spacial score (nSPS) is 11.0. The van der Waals surface area contributed by atoms with Crippen molar-refractivity contribution in [3.63, 3.8) is 0 Å². The van der Waals surface area contributed by atoms with E-state index in [1.807, 2.05) is 0 Å². The minimum atomic E-state index is -3.92. The van der Waals surface area contributed by atoms with Gasteiger partial charge < -0.3 is 0 Å². The maximum atomic E-state index is 11.8. The first-order chi connectivity index (χ1) is 8.79. The maximum absolute atomic E-state index is 11.8. The van der Waals surface area contributed by atoms with E-state index in [9.17, 15) is 18.5 Å². The fourth-order valence-electron chi connectivity index (χ4n) is 1.31. The molecule has 0 bridgehead atoms. The minimum absolute atomic E-state index is 0.000909. The Bertz CT molecular complexity index is 651. The van der Waals surface area contributed by atoms with Crippen molar-refractivity contribution in [2.75, 3.05) is 6.54 Å². The van der Waals surface area contributed by atoms with Crippen molar-refractivity contribution in [3.05, 3.63) is 32.8 Å². The molecule has 1 aromatic rings. The van der Waals surface area contributed by atoms with Crippen LogP contribution in [0.15, 0.2) is 17.0 Å². The van der Waals surface area contributed by atoms with Crippen molar-refractivity contribution in [1.29, 1.82) is 5.26 Å². The summed E-state index contributed by atoms with van der Waals surface area (Å²) in [6.45, 7) is 1.36. The molecule has 102 valence electrons. The predicted molar refractivity (Wildman–Crippen MR) is 68.3 cm³/mol. The van der Waals surface area contributed by atoms with Crippen molar-refractivity contribution >= 4 is 27.3 Å². The average Bonchev–Trinajstić information content (AvgIpc) is 2.32. The number of nitriles is 1. The SMILES string of the molecule is Cc1c(Cl)cc(S(=O)(=O)NCCC#N)cc1[N+](=O)[O-]. The van der Waals surface area contributed by atoms with E-state index in [4.69, 9.17) is 16.9 Å². The fourth-order valence-corrected chi connectivity index (χ4v) is 2.67. The van der Waals surface area contributed by atoms with Crippen LogP contribution in [0.4, 0.5) is 5.69 Å². The van der Waals surface area contributed by atoms with E-state index < -0.39 is 14.9 Å². The van der Waals surface area contributed by atoms with E-state index in [2.05, 4.69) is 4.72 Å². The van der Waals surface area contributed by atoms with Crippen LogP contribution in [0.2, 0.25) is 5.02 Å². The van der Waals surface area contributed by atoms with Gasteiger partial charge in [0.1, 0.15) is 0 Å². The van der Waals surface area contributed by atoms with Gasteiger partial charge in [0.05, 0.1) is 20.9 Å². The molecule has 1 N–H and O–H groups in total. The summed E-state index contributed by atoms with van der Waals surface area (Å²) in [7, 11) is -3.92. The van der Waals surface area contributed by atoms with Gasteiger partial charge in [-0.3, -0.25) is 10.1 Å². The Hall–Kier alpha value is -1.69. The topological polar surface area (TPSA) is 113 Å². The van der Waals surface area contributed by atoms with Gasteiger partial charge in [-0.1, -0.05) is 11.6 Å². The average molecular weight is 304 g/mol. The summed E-state index contributed by atoms with van der Waals surface area (Å²) in [4.78, 5) is 9.80. The minimum Gasteiger partial charge on any atom is -0.258 e. The van der Waals surface area contributed by atoms with Gasteiger partial charge in [-0.05, 0) is 13.0 Å². The molecular weight excluding hydrogens is 294 g/mol. The smallest absolute Gasteiger partial charge is 0.258 e. The summed E-state index contributed by atoms with van der Waals surface area (Å²) in [5.74, 6) is 0. The molecule has 0 amide bonds. The number of sulfonamides is 1. The Morgan fingerprint density at radius 3 is 2.68 bits per heavy atom. The standard InChI is InChI=1S/C10H10ClN3O4S/c1-7-9(11)5-8(6-10(7)14(15)16)19(17,18)13-4-2-3-12/h5-6,13H,2,4H2,1H3. The van der Waals surface area contributed by atoms with Crippen LogP contribution in [-0.4, -0.2) is 19.9 Å². The Labute approximate surface area is 115 Å². The number of nitrogens with one attached hydrogen (secondary N) is 1. The molecule has 0 radical (unpaired) electrons. The van der Waals surface area contributed by atoms with Crippen LogP contribution in [0.1, 0.15) is 12.0 Å². The Balaban J connectivity index is 3.22. The number of hydrogen-bond donors (Lipinski definition) is 1. The second-order valence-corrected chi connectivity index (χ2v) is 5.79. The van der Waals surface area contributed by atoms with Gasteiger partial charge in [0.2, 0.25) is 10.0 Å². The van der Waals surface area contributed by atoms with Crippen LogP contribution in [0.25, 0.3) is 0 Å². The number of nitrogens with zero attached hydrogens (tertiary/aromatic N) is 2. The summed E-state index contributed by atoms with van der Waals surface area (Å²) < 4.78 is 25.8. The van der Waals surface area contributed by atoms with Crippen LogP contribution in [0.3, 0.4) is 0 Å². The molecular formula is C10H10ClN3O4S. The van der Waals surface area contributed by atoms with Crippen molar-refractivity contribution in [3.8, 4) is 6.07 Å². The number of halogens is 1. The summed E-state index contributed by atoms with van der Waals surface area (Å²) in [6, 6.07) is 3.86. The van der Waals surface area contributed by atoms with Gasteiger partial charge in [0.25, 0.3) is 5.69 Å². The lowest BCUT2D eigenvalue weighted by atomic mass is 10.2. The lowest BCUT2D eigenvalue weighted by Gasteiger charge is -2.07. The van der Waals surface area contributed by atoms with Gasteiger partial charge >= 0.3 is 0 Å². The molecule has 0 fully saturated rings. The highest BCUT2D eigenvalue weighted by molar-refractivity contribution is 7.89. The van der Waals surface area contributed by atoms with E-state index in [1.54, 1.807) is 6.07 Å². The van der Waals surface area contributed by atoms with Gasteiger partial charge in [-0.25, -0.2) is 13.1 Å². The Morgan fingerprint density at radius 2 is 2.16 bits per heavy atom. The highest BCUT2D eigenvalue weighted by Gasteiger charge is 2.22. The first-order valence-corrected chi connectivity index (χ1v) is 6.97. The Kier molecular flexibility index (Phi) is 4.83. The lowest BCUT2D eigenvalue weighted by Crippen LogP contribution is -2.24. The number of hydrogen-bond acceptors (Lipinski definition) is 5. The van der Waals surface area contributed by atoms with Crippen molar-refractivity contribution in [2.24, 2.45) is 0 Å². The molecule has 0 atom stereocenters. The van der Waals surface area contributed by atoms with E-state index in [-0.39, 0.29) is 34.1 Å². The molecule has 1 rings (SSSR count). The summed E-state index contributed by atoms with van der Waals surface area (Å²) in [6.07, 6.45) is 0.000909. The third-order valence-electron chi connectivity index (χ3n) is 2.33. The molecule has 0 aliphatic carbocycles. The molecule has 0 saturated carbocycles. The third kappa shape index (κ3) is 3.64. The molecule has 0 aromatic heterocycles. The first kappa shape index (κ1) is 15.4. The van der Waals surface area contributed by atoms with E-state index >= 15 is 0 Å². The zero-order chi connectivity index (χ0) is 14.6. The van der Waals surface area contributed by atoms with Crippen LogP contribution in [-0.2, 0) is 10.0 Å². The third-order valence-corrected chi connectivity index (χ3v) is 4.16. The first-order valence-electron chi connectivity index (χ1n) is 5.10. The maximum Gasteiger partial charge on any atom is 0.275 e. The number of nitro benzene ring substituents is 1. The number of benzene rings is 1.